The van der Waals surface area contributed by atoms with Crippen LogP contribution in [-0.2, 0) is 0 Å². The molecule has 4 rings (SSSR count). The first-order valence-electron chi connectivity index (χ1n) is 7.66. The molecule has 0 aliphatic rings. The highest BCUT2D eigenvalue weighted by molar-refractivity contribution is 5.98. The molecule has 0 aliphatic heterocycles. The van der Waals surface area contributed by atoms with Gasteiger partial charge < -0.3 is 4.90 Å². The Balaban J connectivity index is 1.98. The van der Waals surface area contributed by atoms with Crippen molar-refractivity contribution in [1.82, 2.24) is 4.98 Å². The molecule has 0 radical (unpaired) electrons. The fourth-order valence-corrected chi connectivity index (χ4v) is 2.88. The second-order valence-corrected chi connectivity index (χ2v) is 5.38. The molecule has 0 N–H and O–H groups in total. The highest BCUT2D eigenvalue weighted by atomic mass is 15.1. The highest BCUT2D eigenvalue weighted by Gasteiger charge is 2.14. The van der Waals surface area contributed by atoms with Crippen LogP contribution < -0.4 is 4.90 Å². The first-order valence-corrected chi connectivity index (χ1v) is 7.66. The molecule has 0 aliphatic carbocycles. The van der Waals surface area contributed by atoms with Crippen molar-refractivity contribution in [3.8, 4) is 0 Å². The maximum atomic E-state index is 4.24. The van der Waals surface area contributed by atoms with Crippen LogP contribution in [0.2, 0.25) is 0 Å². The van der Waals surface area contributed by atoms with Crippen molar-refractivity contribution in [3.05, 3.63) is 97.3 Å². The van der Waals surface area contributed by atoms with Gasteiger partial charge >= 0.3 is 0 Å². The Kier molecular flexibility index (Phi) is 3.49. The number of hydrogen-bond acceptors (Lipinski definition) is 2. The van der Waals surface area contributed by atoms with Crippen LogP contribution in [-0.4, -0.2) is 4.98 Å². The van der Waals surface area contributed by atoms with Crippen LogP contribution in [0, 0.1) is 0 Å². The van der Waals surface area contributed by atoms with Crippen molar-refractivity contribution in [2.45, 2.75) is 0 Å². The van der Waals surface area contributed by atoms with Crippen LogP contribution in [0.4, 0.5) is 17.1 Å². The number of nitrogens with zero attached hydrogens (tertiary/aromatic N) is 2. The number of fused-ring (bicyclic) bond motifs is 1. The molecule has 4 aromatic rings. The van der Waals surface area contributed by atoms with Gasteiger partial charge in [0.15, 0.2) is 0 Å². The number of benzene rings is 3. The van der Waals surface area contributed by atoms with Crippen molar-refractivity contribution >= 4 is 27.8 Å². The molecule has 0 atom stereocenters. The molecule has 2 nitrogen and oxygen atoms in total. The minimum absolute atomic E-state index is 1.14. The number of rotatable bonds is 3. The Hall–Kier alpha value is -3.13. The van der Waals surface area contributed by atoms with Crippen molar-refractivity contribution in [3.63, 3.8) is 0 Å². The van der Waals surface area contributed by atoms with Gasteiger partial charge in [0.2, 0.25) is 0 Å². The van der Waals surface area contributed by atoms with Gasteiger partial charge in [-0.05, 0) is 36.4 Å². The van der Waals surface area contributed by atoms with Crippen molar-refractivity contribution in [2.24, 2.45) is 0 Å². The maximum absolute atomic E-state index is 4.24. The van der Waals surface area contributed by atoms with Gasteiger partial charge in [-0.3, -0.25) is 4.98 Å². The number of para-hydroxylation sites is 2. The lowest BCUT2D eigenvalue weighted by Crippen LogP contribution is -2.10. The molecule has 0 saturated carbocycles. The minimum atomic E-state index is 1.14. The van der Waals surface area contributed by atoms with Gasteiger partial charge in [-0.25, -0.2) is 0 Å². The zero-order valence-electron chi connectivity index (χ0n) is 12.6. The standard InChI is InChI=1S/C21H16N2/c1-3-9-18(10-4-1)23(19-11-5-2-6-12-19)21-13-7-8-17-16-22-15-14-20(17)21/h1-16H. The summed E-state index contributed by atoms with van der Waals surface area (Å²) in [5, 5.41) is 2.33. The van der Waals surface area contributed by atoms with Crippen LogP contribution in [0.15, 0.2) is 97.3 Å². The van der Waals surface area contributed by atoms with E-state index in [2.05, 4.69) is 82.7 Å². The van der Waals surface area contributed by atoms with E-state index in [4.69, 9.17) is 0 Å². The molecule has 1 aromatic heterocycles. The normalized spacial score (nSPS) is 10.6. The molecular formula is C21H16N2. The van der Waals surface area contributed by atoms with Crippen LogP contribution >= 0.6 is 0 Å². The molecule has 0 unspecified atom stereocenters. The SMILES string of the molecule is c1ccc(N(c2ccccc2)c2cccc3cnccc23)cc1. The Morgan fingerprint density at radius 2 is 1.26 bits per heavy atom. The molecule has 2 heteroatoms. The average molecular weight is 296 g/mol. The summed E-state index contributed by atoms with van der Waals surface area (Å²) in [5.74, 6) is 0. The molecule has 23 heavy (non-hydrogen) atoms. The van der Waals surface area contributed by atoms with Crippen molar-refractivity contribution in [2.75, 3.05) is 4.90 Å². The third-order valence-corrected chi connectivity index (χ3v) is 3.93. The van der Waals surface area contributed by atoms with Gasteiger partial charge in [0.05, 0.1) is 5.69 Å². The van der Waals surface area contributed by atoms with Crippen LogP contribution in [0.25, 0.3) is 10.8 Å². The monoisotopic (exact) mass is 296 g/mol. The second-order valence-electron chi connectivity index (χ2n) is 5.38. The fourth-order valence-electron chi connectivity index (χ4n) is 2.88. The molecule has 0 fully saturated rings. The van der Waals surface area contributed by atoms with E-state index in [0.29, 0.717) is 0 Å². The molecule has 1 heterocycles. The van der Waals surface area contributed by atoms with Crippen molar-refractivity contribution < 1.29 is 0 Å². The Labute approximate surface area is 135 Å². The van der Waals surface area contributed by atoms with Crippen LogP contribution in [0.3, 0.4) is 0 Å². The summed E-state index contributed by atoms with van der Waals surface area (Å²) in [7, 11) is 0. The number of aromatic nitrogens is 1. The molecule has 0 bridgehead atoms. The first kappa shape index (κ1) is 13.5. The highest BCUT2D eigenvalue weighted by Crippen LogP contribution is 2.37. The Morgan fingerprint density at radius 3 is 1.91 bits per heavy atom. The zero-order valence-corrected chi connectivity index (χ0v) is 12.6. The smallest absolute Gasteiger partial charge is 0.0541 e. The van der Waals surface area contributed by atoms with Crippen LogP contribution in [0.1, 0.15) is 0 Å². The third-order valence-electron chi connectivity index (χ3n) is 3.93. The first-order chi connectivity index (χ1) is 11.4. The average Bonchev–Trinajstić information content (AvgIpc) is 2.64. The van der Waals surface area contributed by atoms with E-state index in [9.17, 15) is 0 Å². The molecule has 3 aromatic carbocycles. The topological polar surface area (TPSA) is 16.1 Å². The lowest BCUT2D eigenvalue weighted by molar-refractivity contribution is 1.29. The molecule has 110 valence electrons. The van der Waals surface area contributed by atoms with E-state index in [-0.39, 0.29) is 0 Å². The largest absolute Gasteiger partial charge is 0.310 e. The van der Waals surface area contributed by atoms with Crippen LogP contribution in [0.5, 0.6) is 0 Å². The van der Waals surface area contributed by atoms with E-state index in [0.717, 1.165) is 22.4 Å². The second kappa shape index (κ2) is 5.93. The van der Waals surface area contributed by atoms with Gasteiger partial charge in [0.25, 0.3) is 0 Å². The molecule has 0 saturated heterocycles. The summed E-state index contributed by atoms with van der Waals surface area (Å²) >= 11 is 0. The van der Waals surface area contributed by atoms with E-state index in [1.54, 1.807) is 0 Å². The summed E-state index contributed by atoms with van der Waals surface area (Å²) in [5.41, 5.74) is 3.44. The van der Waals surface area contributed by atoms with Crippen molar-refractivity contribution in [1.29, 1.82) is 0 Å². The number of anilines is 3. The zero-order chi connectivity index (χ0) is 15.5. The predicted octanol–water partition coefficient (Wildman–Crippen LogP) is 5.70. The van der Waals surface area contributed by atoms with Gasteiger partial charge in [-0.15, -0.1) is 0 Å². The summed E-state index contributed by atoms with van der Waals surface area (Å²) in [6.45, 7) is 0. The van der Waals surface area contributed by atoms with Gasteiger partial charge in [0.1, 0.15) is 0 Å². The van der Waals surface area contributed by atoms with Gasteiger partial charge in [-0.1, -0.05) is 48.5 Å². The molecule has 0 amide bonds. The molecular weight excluding hydrogens is 280 g/mol. The fraction of sp³-hybridized carbons (Fsp3) is 0. The summed E-state index contributed by atoms with van der Waals surface area (Å²) in [4.78, 5) is 6.52. The van der Waals surface area contributed by atoms with E-state index in [1.165, 1.54) is 5.39 Å². The third kappa shape index (κ3) is 2.55. The maximum Gasteiger partial charge on any atom is 0.0541 e. The number of pyridine rings is 1. The summed E-state index contributed by atoms with van der Waals surface area (Å²) in [6.07, 6.45) is 3.76. The van der Waals surface area contributed by atoms with E-state index in [1.807, 2.05) is 24.5 Å². The van der Waals surface area contributed by atoms with E-state index >= 15 is 0 Å². The van der Waals surface area contributed by atoms with Gasteiger partial charge in [-0.2, -0.15) is 0 Å². The lowest BCUT2D eigenvalue weighted by atomic mass is 10.1. The van der Waals surface area contributed by atoms with Gasteiger partial charge in [0, 0.05) is 34.5 Å². The Bertz CT molecular complexity index is 873. The number of hydrogen-bond donors (Lipinski definition) is 0. The summed E-state index contributed by atoms with van der Waals surface area (Å²) < 4.78 is 0. The Morgan fingerprint density at radius 1 is 0.609 bits per heavy atom. The quantitative estimate of drug-likeness (QED) is 0.482. The predicted molar refractivity (Wildman–Crippen MR) is 96.4 cm³/mol. The summed E-state index contributed by atoms with van der Waals surface area (Å²) in [6, 6.07) is 29.3. The lowest BCUT2D eigenvalue weighted by Gasteiger charge is -2.26. The molecule has 0 spiro atoms. The van der Waals surface area contributed by atoms with E-state index < -0.39 is 0 Å². The minimum Gasteiger partial charge on any atom is -0.310 e.